The minimum absolute atomic E-state index is 0.0399. The van der Waals surface area contributed by atoms with Gasteiger partial charge in [-0.25, -0.2) is 4.98 Å². The van der Waals surface area contributed by atoms with E-state index in [1.165, 1.54) is 7.11 Å². The quantitative estimate of drug-likeness (QED) is 0.463. The summed E-state index contributed by atoms with van der Waals surface area (Å²) in [5, 5.41) is 15.9. The number of hydrogen-bond acceptors (Lipinski definition) is 6. The molecule has 1 unspecified atom stereocenters. The maximum Gasteiger partial charge on any atom is 0.248 e. The Morgan fingerprint density at radius 3 is 2.97 bits per heavy atom. The van der Waals surface area contributed by atoms with Gasteiger partial charge < -0.3 is 30.4 Å². The lowest BCUT2D eigenvalue weighted by molar-refractivity contribution is -0.141. The molecule has 164 valence electrons. The van der Waals surface area contributed by atoms with Gasteiger partial charge in [-0.3, -0.25) is 9.59 Å². The first-order chi connectivity index (χ1) is 14.5. The number of methoxy groups -OCH3 is 1. The lowest BCUT2D eigenvalue weighted by Gasteiger charge is -2.32. The van der Waals surface area contributed by atoms with E-state index in [-0.39, 0.29) is 18.6 Å². The number of aliphatic hydroxyl groups excluding tert-OH is 1. The predicted octanol–water partition coefficient (Wildman–Crippen LogP) is 0.196. The van der Waals surface area contributed by atoms with Crippen LogP contribution in [0.5, 0.6) is 0 Å². The number of H-pyrrole nitrogens is 1. The molecule has 1 aliphatic heterocycles. The van der Waals surface area contributed by atoms with Crippen molar-refractivity contribution in [1.82, 2.24) is 25.5 Å². The largest absolute Gasteiger partial charge is 0.394 e. The highest BCUT2D eigenvalue weighted by atomic mass is 16.5. The fraction of sp³-hybridized carbons (Fsp3) is 0.571. The lowest BCUT2D eigenvalue weighted by Crippen LogP contribution is -2.58. The third-order valence-corrected chi connectivity index (χ3v) is 5.91. The van der Waals surface area contributed by atoms with Crippen LogP contribution >= 0.6 is 0 Å². The van der Waals surface area contributed by atoms with Crippen molar-refractivity contribution in [2.45, 2.75) is 50.4 Å². The minimum atomic E-state index is -0.824. The van der Waals surface area contributed by atoms with Crippen LogP contribution in [0.2, 0.25) is 0 Å². The summed E-state index contributed by atoms with van der Waals surface area (Å²) in [7, 11) is 3.10. The molecule has 2 amide bonds. The molecule has 2 aromatic heterocycles. The Morgan fingerprint density at radius 1 is 1.47 bits per heavy atom. The summed E-state index contributed by atoms with van der Waals surface area (Å²) < 4.78 is 5.38. The van der Waals surface area contributed by atoms with Gasteiger partial charge in [-0.15, -0.1) is 0 Å². The number of carbonyl (C=O) groups is 2. The molecule has 0 aromatic carbocycles. The highest BCUT2D eigenvalue weighted by Crippen LogP contribution is 2.26. The van der Waals surface area contributed by atoms with Gasteiger partial charge in [0.25, 0.3) is 0 Å². The van der Waals surface area contributed by atoms with Crippen LogP contribution in [0.25, 0.3) is 11.0 Å². The van der Waals surface area contributed by atoms with Crippen LogP contribution in [0.1, 0.15) is 25.3 Å². The summed E-state index contributed by atoms with van der Waals surface area (Å²) in [5.41, 5.74) is 1.96. The monoisotopic (exact) mass is 417 g/mol. The van der Waals surface area contributed by atoms with Crippen molar-refractivity contribution >= 4 is 22.8 Å². The lowest BCUT2D eigenvalue weighted by atomic mass is 10.0. The van der Waals surface area contributed by atoms with Crippen molar-refractivity contribution in [3.05, 3.63) is 30.1 Å². The van der Waals surface area contributed by atoms with Gasteiger partial charge in [0.05, 0.1) is 12.7 Å². The molecule has 9 heteroatoms. The van der Waals surface area contributed by atoms with Gasteiger partial charge in [-0.05, 0) is 50.9 Å². The zero-order valence-corrected chi connectivity index (χ0v) is 17.7. The average molecular weight is 418 g/mol. The van der Waals surface area contributed by atoms with Crippen LogP contribution in [0.15, 0.2) is 24.5 Å². The summed E-state index contributed by atoms with van der Waals surface area (Å²) in [4.78, 5) is 35.2. The zero-order valence-electron chi connectivity index (χ0n) is 17.7. The number of pyridine rings is 1. The molecule has 30 heavy (non-hydrogen) atoms. The number of aromatic amines is 1. The Kier molecular flexibility index (Phi) is 7.41. The van der Waals surface area contributed by atoms with Gasteiger partial charge in [0.15, 0.2) is 0 Å². The molecule has 2 aromatic rings. The second kappa shape index (κ2) is 10.0. The Balaban J connectivity index is 1.76. The summed E-state index contributed by atoms with van der Waals surface area (Å²) in [5.74, 6) is -0.591. The number of likely N-dealkylation sites (tertiary alicyclic amines) is 1. The minimum Gasteiger partial charge on any atom is -0.394 e. The SMILES string of the molecule is CN[C@@H](CO)C(=O)N[C@H](C(=O)N1CCC[C@@H]1Cc1c[nH]c2ncccc12)C(C)OC. The third kappa shape index (κ3) is 4.63. The fourth-order valence-electron chi connectivity index (χ4n) is 4.03. The molecule has 0 spiro atoms. The maximum atomic E-state index is 13.4. The zero-order chi connectivity index (χ0) is 21.7. The molecular weight excluding hydrogens is 386 g/mol. The number of nitrogens with zero attached hydrogens (tertiary/aromatic N) is 2. The van der Waals surface area contributed by atoms with Crippen molar-refractivity contribution in [1.29, 1.82) is 0 Å². The molecule has 3 heterocycles. The summed E-state index contributed by atoms with van der Waals surface area (Å²) in [6, 6.07) is 2.37. The smallest absolute Gasteiger partial charge is 0.248 e. The van der Waals surface area contributed by atoms with Crippen LogP contribution in [0, 0.1) is 0 Å². The van der Waals surface area contributed by atoms with Crippen LogP contribution in [-0.2, 0) is 20.7 Å². The van der Waals surface area contributed by atoms with Gasteiger partial charge in [0, 0.05) is 37.5 Å². The number of hydrogen-bond donors (Lipinski definition) is 4. The number of likely N-dealkylation sites (N-methyl/N-ethyl adjacent to an activating group) is 1. The first-order valence-corrected chi connectivity index (χ1v) is 10.3. The third-order valence-electron chi connectivity index (χ3n) is 5.91. The van der Waals surface area contributed by atoms with Crippen molar-refractivity contribution in [3.8, 4) is 0 Å². The molecule has 0 radical (unpaired) electrons. The Bertz CT molecular complexity index is 866. The van der Waals surface area contributed by atoms with Gasteiger partial charge in [0.2, 0.25) is 11.8 Å². The Labute approximate surface area is 176 Å². The van der Waals surface area contributed by atoms with Gasteiger partial charge in [-0.1, -0.05) is 0 Å². The number of ether oxygens (including phenoxy) is 1. The van der Waals surface area contributed by atoms with Crippen LogP contribution < -0.4 is 10.6 Å². The van der Waals surface area contributed by atoms with E-state index in [2.05, 4.69) is 20.6 Å². The first kappa shape index (κ1) is 22.2. The number of nitrogens with one attached hydrogen (secondary N) is 3. The molecule has 4 N–H and O–H groups in total. The van der Waals surface area contributed by atoms with E-state index in [1.807, 2.05) is 23.2 Å². The molecular formula is C21H31N5O4. The molecule has 0 saturated carbocycles. The van der Waals surface area contributed by atoms with E-state index in [0.29, 0.717) is 6.54 Å². The van der Waals surface area contributed by atoms with Crippen LogP contribution in [0.4, 0.5) is 0 Å². The molecule has 1 fully saturated rings. The number of rotatable bonds is 9. The first-order valence-electron chi connectivity index (χ1n) is 10.3. The van der Waals surface area contributed by atoms with E-state index in [1.54, 1.807) is 20.2 Å². The molecule has 0 bridgehead atoms. The molecule has 1 saturated heterocycles. The second-order valence-corrected chi connectivity index (χ2v) is 7.70. The number of aromatic nitrogens is 2. The maximum absolute atomic E-state index is 13.4. The normalized spacial score (nSPS) is 19.6. The van der Waals surface area contributed by atoms with E-state index in [4.69, 9.17) is 4.74 Å². The number of aliphatic hydroxyl groups is 1. The Morgan fingerprint density at radius 2 is 2.27 bits per heavy atom. The van der Waals surface area contributed by atoms with Crippen LogP contribution in [0.3, 0.4) is 0 Å². The summed E-state index contributed by atoms with van der Waals surface area (Å²) >= 11 is 0. The van der Waals surface area contributed by atoms with Gasteiger partial charge in [-0.2, -0.15) is 0 Å². The van der Waals surface area contributed by atoms with Crippen molar-refractivity contribution in [3.63, 3.8) is 0 Å². The molecule has 4 atom stereocenters. The number of carbonyl (C=O) groups excluding carboxylic acids is 2. The topological polar surface area (TPSA) is 120 Å². The molecule has 9 nitrogen and oxygen atoms in total. The van der Waals surface area contributed by atoms with E-state index >= 15 is 0 Å². The van der Waals surface area contributed by atoms with Crippen molar-refractivity contribution in [2.75, 3.05) is 27.3 Å². The second-order valence-electron chi connectivity index (χ2n) is 7.70. The highest BCUT2D eigenvalue weighted by Gasteiger charge is 2.37. The molecule has 3 rings (SSSR count). The van der Waals surface area contributed by atoms with Crippen LogP contribution in [-0.4, -0.2) is 83.3 Å². The average Bonchev–Trinajstić information content (AvgIpc) is 3.39. The van der Waals surface area contributed by atoms with E-state index < -0.39 is 24.1 Å². The van der Waals surface area contributed by atoms with E-state index in [9.17, 15) is 14.7 Å². The summed E-state index contributed by atoms with van der Waals surface area (Å²) in [6.07, 6.45) is 5.73. The van der Waals surface area contributed by atoms with Crippen molar-refractivity contribution < 1.29 is 19.4 Å². The molecule has 1 aliphatic rings. The van der Waals surface area contributed by atoms with Gasteiger partial charge in [0.1, 0.15) is 17.7 Å². The Hall–Kier alpha value is -2.49. The highest BCUT2D eigenvalue weighted by molar-refractivity contribution is 5.90. The summed E-state index contributed by atoms with van der Waals surface area (Å²) in [6.45, 7) is 2.04. The fourth-order valence-corrected chi connectivity index (χ4v) is 4.03. The van der Waals surface area contributed by atoms with Gasteiger partial charge >= 0.3 is 0 Å². The van der Waals surface area contributed by atoms with E-state index in [0.717, 1.165) is 35.9 Å². The standard InChI is InChI=1S/C21H31N5O4/c1-13(30-3)18(25-20(28)17(12-27)22-2)21(29)26-9-5-6-15(26)10-14-11-24-19-16(14)7-4-8-23-19/h4,7-8,11,13,15,17-18,22,27H,5-6,9-10,12H2,1-3H3,(H,23,24)(H,25,28)/t13?,15-,17+,18+/m1/s1. The predicted molar refractivity (Wildman–Crippen MR) is 113 cm³/mol. The van der Waals surface area contributed by atoms with Crippen molar-refractivity contribution in [2.24, 2.45) is 0 Å². The molecule has 0 aliphatic carbocycles. The number of amides is 2. The number of fused-ring (bicyclic) bond motifs is 1.